The summed E-state index contributed by atoms with van der Waals surface area (Å²) in [5, 5.41) is 3.41. The van der Waals surface area contributed by atoms with Gasteiger partial charge >= 0.3 is 0 Å². The van der Waals surface area contributed by atoms with Crippen LogP contribution in [-0.2, 0) is 22.6 Å². The number of H-pyrrole nitrogens is 1. The van der Waals surface area contributed by atoms with Gasteiger partial charge in [-0.15, -0.1) is 0 Å². The molecule has 6 nitrogen and oxygen atoms in total. The molecule has 1 atom stereocenters. The third-order valence-corrected chi connectivity index (χ3v) is 6.75. The van der Waals surface area contributed by atoms with Gasteiger partial charge in [-0.05, 0) is 35.4 Å². The molecule has 6 heteroatoms. The van der Waals surface area contributed by atoms with Crippen molar-refractivity contribution in [2.45, 2.75) is 19.1 Å². The van der Waals surface area contributed by atoms with Crippen molar-refractivity contribution in [2.24, 2.45) is 0 Å². The quantitative estimate of drug-likeness (QED) is 0.474. The number of aromatic amines is 1. The summed E-state index contributed by atoms with van der Waals surface area (Å²) in [6, 6.07) is 23.9. The summed E-state index contributed by atoms with van der Waals surface area (Å²) in [5.74, 6) is 0.0287. The van der Waals surface area contributed by atoms with Crippen LogP contribution in [0.4, 0.5) is 5.69 Å². The third kappa shape index (κ3) is 2.55. The average Bonchev–Trinajstić information content (AvgIpc) is 3.49. The van der Waals surface area contributed by atoms with Crippen LogP contribution in [0.1, 0.15) is 28.4 Å². The molecule has 4 aromatic rings. The second kappa shape index (κ2) is 6.59. The molecule has 7 rings (SSSR count). The molecule has 33 heavy (non-hydrogen) atoms. The lowest BCUT2D eigenvalue weighted by molar-refractivity contribution is -0.123. The number of imide groups is 1. The third-order valence-electron chi connectivity index (χ3n) is 6.75. The summed E-state index contributed by atoms with van der Waals surface area (Å²) in [7, 11) is 0. The number of hydrogen-bond acceptors (Lipinski definition) is 4. The van der Waals surface area contributed by atoms with Crippen LogP contribution >= 0.6 is 0 Å². The van der Waals surface area contributed by atoms with Crippen LogP contribution in [0, 0.1) is 0 Å². The van der Waals surface area contributed by atoms with Crippen molar-refractivity contribution in [3.63, 3.8) is 0 Å². The minimum Gasteiger partial charge on any atom is -0.489 e. The number of nitrogens with one attached hydrogen (secondary N) is 2. The van der Waals surface area contributed by atoms with E-state index in [1.807, 2.05) is 71.6 Å². The summed E-state index contributed by atoms with van der Waals surface area (Å²) < 4.78 is 6.05. The molecule has 1 aromatic heterocycles. The van der Waals surface area contributed by atoms with E-state index in [0.29, 0.717) is 17.9 Å². The summed E-state index contributed by atoms with van der Waals surface area (Å²) in [6.45, 7) is 0.456. The number of ether oxygens (including phenoxy) is 1. The Morgan fingerprint density at radius 3 is 2.64 bits per heavy atom. The number of benzene rings is 3. The highest BCUT2D eigenvalue weighted by molar-refractivity contribution is 6.39. The molecular weight excluding hydrogens is 414 g/mol. The maximum absolute atomic E-state index is 13.0. The molecule has 2 amide bonds. The van der Waals surface area contributed by atoms with Gasteiger partial charge in [-0.1, -0.05) is 48.5 Å². The summed E-state index contributed by atoms with van der Waals surface area (Å²) in [4.78, 5) is 31.4. The maximum atomic E-state index is 13.0. The Morgan fingerprint density at radius 1 is 0.939 bits per heavy atom. The zero-order valence-electron chi connectivity index (χ0n) is 17.6. The molecule has 3 aliphatic rings. The Kier molecular flexibility index (Phi) is 3.65. The molecule has 0 spiro atoms. The van der Waals surface area contributed by atoms with Crippen molar-refractivity contribution in [3.8, 4) is 5.75 Å². The fourth-order valence-electron chi connectivity index (χ4n) is 5.34. The molecule has 160 valence electrons. The second-order valence-electron chi connectivity index (χ2n) is 8.62. The van der Waals surface area contributed by atoms with Gasteiger partial charge in [-0.2, -0.15) is 0 Å². The predicted molar refractivity (Wildman–Crippen MR) is 125 cm³/mol. The van der Waals surface area contributed by atoms with E-state index in [9.17, 15) is 9.59 Å². The number of anilines is 1. The number of nitrogens with zero attached hydrogens (tertiary/aromatic N) is 1. The molecular formula is C27H19N3O3. The normalized spacial score (nSPS) is 18.2. The molecule has 0 radical (unpaired) electrons. The van der Waals surface area contributed by atoms with Gasteiger partial charge in [0.2, 0.25) is 0 Å². The van der Waals surface area contributed by atoms with E-state index in [-0.39, 0.29) is 17.9 Å². The summed E-state index contributed by atoms with van der Waals surface area (Å²) >= 11 is 0. The lowest BCUT2D eigenvalue weighted by Gasteiger charge is -2.32. The van der Waals surface area contributed by atoms with Gasteiger partial charge in [0, 0.05) is 34.3 Å². The second-order valence-corrected chi connectivity index (χ2v) is 8.62. The number of carbonyl (C=O) groups is 2. The zero-order valence-corrected chi connectivity index (χ0v) is 17.6. The van der Waals surface area contributed by atoms with Crippen LogP contribution in [0.5, 0.6) is 5.75 Å². The van der Waals surface area contributed by atoms with Gasteiger partial charge in [0.1, 0.15) is 18.1 Å². The molecule has 0 fully saturated rings. The molecule has 0 saturated heterocycles. The maximum Gasteiger partial charge on any atom is 0.275 e. The Balaban J connectivity index is 1.38. The van der Waals surface area contributed by atoms with E-state index in [1.54, 1.807) is 0 Å². The van der Waals surface area contributed by atoms with E-state index in [2.05, 4.69) is 16.4 Å². The van der Waals surface area contributed by atoms with Crippen molar-refractivity contribution in [1.82, 2.24) is 10.3 Å². The highest BCUT2D eigenvalue weighted by Gasteiger charge is 2.48. The number of aromatic nitrogens is 1. The van der Waals surface area contributed by atoms with E-state index in [4.69, 9.17) is 4.74 Å². The molecule has 4 heterocycles. The Labute approximate surface area is 189 Å². The number of carbonyl (C=O) groups excluding carboxylic acids is 2. The van der Waals surface area contributed by atoms with Crippen LogP contribution in [0.2, 0.25) is 0 Å². The molecule has 2 N–H and O–H groups in total. The largest absolute Gasteiger partial charge is 0.489 e. The van der Waals surface area contributed by atoms with Gasteiger partial charge in [0.05, 0.1) is 11.6 Å². The fraction of sp³-hybridized carbons (Fsp3) is 0.111. The Hall–Kier alpha value is -4.32. The number of fused-ring (bicyclic) bond motifs is 9. The van der Waals surface area contributed by atoms with E-state index in [1.165, 1.54) is 5.56 Å². The van der Waals surface area contributed by atoms with Gasteiger partial charge in [-0.3, -0.25) is 14.9 Å². The van der Waals surface area contributed by atoms with Gasteiger partial charge in [0.15, 0.2) is 0 Å². The molecule has 0 saturated carbocycles. The van der Waals surface area contributed by atoms with Crippen molar-refractivity contribution in [2.75, 3.05) is 4.90 Å². The summed E-state index contributed by atoms with van der Waals surface area (Å²) in [5.41, 5.74) is 6.81. The molecule has 1 unspecified atom stereocenters. The summed E-state index contributed by atoms with van der Waals surface area (Å²) in [6.07, 6.45) is 0.769. The highest BCUT2D eigenvalue weighted by Crippen LogP contribution is 2.52. The first-order valence-electron chi connectivity index (χ1n) is 11.0. The molecule has 3 aromatic carbocycles. The van der Waals surface area contributed by atoms with E-state index >= 15 is 0 Å². The first kappa shape index (κ1) is 18.3. The number of rotatable bonds is 3. The van der Waals surface area contributed by atoms with Crippen LogP contribution in [0.3, 0.4) is 0 Å². The first-order chi connectivity index (χ1) is 16.2. The van der Waals surface area contributed by atoms with Gasteiger partial charge in [-0.25, -0.2) is 0 Å². The van der Waals surface area contributed by atoms with Crippen LogP contribution in [-0.4, -0.2) is 16.8 Å². The topological polar surface area (TPSA) is 74.4 Å². The smallest absolute Gasteiger partial charge is 0.275 e. The minimum atomic E-state index is -0.351. The SMILES string of the molecule is O=C1NC(=O)C2=C1c1c([nH]c3ccc(OCc4ccccc4)cc13)C1Cc3ccccc3N21. The molecule has 0 aliphatic carbocycles. The zero-order chi connectivity index (χ0) is 22.1. The minimum absolute atomic E-state index is 0.0612. The monoisotopic (exact) mass is 433 g/mol. The highest BCUT2D eigenvalue weighted by atomic mass is 16.5. The Bertz CT molecular complexity index is 1520. The lowest BCUT2D eigenvalue weighted by atomic mass is 9.92. The van der Waals surface area contributed by atoms with Gasteiger partial charge < -0.3 is 14.6 Å². The van der Waals surface area contributed by atoms with Crippen molar-refractivity contribution >= 4 is 34.0 Å². The van der Waals surface area contributed by atoms with Crippen molar-refractivity contribution in [3.05, 3.63) is 101 Å². The number of amides is 2. The lowest BCUT2D eigenvalue weighted by Crippen LogP contribution is -2.33. The number of para-hydroxylation sites is 1. The van der Waals surface area contributed by atoms with E-state index in [0.717, 1.165) is 45.6 Å². The number of hydrogen-bond donors (Lipinski definition) is 2. The predicted octanol–water partition coefficient (Wildman–Crippen LogP) is 4.23. The fourth-order valence-corrected chi connectivity index (χ4v) is 5.34. The van der Waals surface area contributed by atoms with Crippen molar-refractivity contribution < 1.29 is 14.3 Å². The van der Waals surface area contributed by atoms with Crippen LogP contribution in [0.15, 0.2) is 78.5 Å². The standard InChI is InChI=1S/C27H19N3O3/c31-26-23-22-18-13-17(33-14-15-6-2-1-3-7-15)10-11-19(18)28-24(22)21-12-16-8-4-5-9-20(16)30(21)25(23)27(32)29-26/h1-11,13,21,28H,12,14H2,(H,29,31,32). The van der Waals surface area contributed by atoms with Crippen LogP contribution < -0.4 is 15.0 Å². The van der Waals surface area contributed by atoms with Crippen LogP contribution in [0.25, 0.3) is 16.5 Å². The molecule has 3 aliphatic heterocycles. The Morgan fingerprint density at radius 2 is 1.76 bits per heavy atom. The first-order valence-corrected chi connectivity index (χ1v) is 11.0. The van der Waals surface area contributed by atoms with Gasteiger partial charge in [0.25, 0.3) is 11.8 Å². The average molecular weight is 433 g/mol. The molecule has 0 bridgehead atoms. The van der Waals surface area contributed by atoms with Crippen molar-refractivity contribution in [1.29, 1.82) is 0 Å². The van der Waals surface area contributed by atoms with E-state index < -0.39 is 0 Å².